The smallest absolute Gasteiger partial charge is 0.0541 e. The van der Waals surface area contributed by atoms with Crippen molar-refractivity contribution in [3.05, 3.63) is 284 Å². The first-order valence-electron chi connectivity index (χ1n) is 42.8. The van der Waals surface area contributed by atoms with Crippen LogP contribution in [0.1, 0.15) is 293 Å². The van der Waals surface area contributed by atoms with Crippen LogP contribution >= 0.6 is 0 Å². The highest BCUT2D eigenvalue weighted by Crippen LogP contribution is 2.55. The van der Waals surface area contributed by atoms with Crippen molar-refractivity contribution in [1.82, 2.24) is 9.13 Å². The van der Waals surface area contributed by atoms with E-state index in [0.29, 0.717) is 0 Å². The Morgan fingerprint density at radius 2 is 0.454 bits per heavy atom. The molecule has 13 rings (SSSR count). The fraction of sp³-hybridized carbons (Fsp3) is 0.358. The molecule has 2 heteroatoms. The van der Waals surface area contributed by atoms with Gasteiger partial charge in [-0.15, -0.1) is 0 Å². The van der Waals surface area contributed by atoms with Gasteiger partial charge in [-0.2, -0.15) is 0 Å². The normalized spacial score (nSPS) is 12.9. The van der Waals surface area contributed by atoms with Gasteiger partial charge in [-0.05, 0) is 226 Å². The molecule has 1 aliphatic carbocycles. The summed E-state index contributed by atoms with van der Waals surface area (Å²) in [6.45, 7) is 13.9. The minimum Gasteiger partial charge on any atom is -0.309 e. The first-order chi connectivity index (χ1) is 53.3. The number of benzene rings is 10. The Hall–Kier alpha value is -9.24. The van der Waals surface area contributed by atoms with Crippen LogP contribution in [0, 0.1) is 0 Å². The molecule has 0 aliphatic heterocycles. The molecule has 0 radical (unpaired) electrons. The molecule has 0 saturated carbocycles. The molecule has 0 amide bonds. The molecule has 2 aromatic heterocycles. The van der Waals surface area contributed by atoms with Gasteiger partial charge in [0.05, 0.1) is 22.1 Å². The zero-order valence-corrected chi connectivity index (χ0v) is 66.6. The molecule has 2 heterocycles. The molecule has 2 nitrogen and oxygen atoms in total. The third kappa shape index (κ3) is 19.1. The zero-order chi connectivity index (χ0) is 74.3. The van der Waals surface area contributed by atoms with Gasteiger partial charge in [0.2, 0.25) is 0 Å². The topological polar surface area (TPSA) is 9.86 Å². The average Bonchev–Trinajstić information content (AvgIpc) is 1.55. The van der Waals surface area contributed by atoms with Crippen LogP contribution in [0.4, 0.5) is 0 Å². The van der Waals surface area contributed by atoms with Crippen LogP contribution < -0.4 is 0 Å². The second-order valence-electron chi connectivity index (χ2n) is 31.8. The quantitative estimate of drug-likeness (QED) is 0.0267. The van der Waals surface area contributed by atoms with Gasteiger partial charge in [0.25, 0.3) is 0 Å². The zero-order valence-electron chi connectivity index (χ0n) is 66.6. The fourth-order valence-corrected chi connectivity index (χ4v) is 17.4. The van der Waals surface area contributed by atoms with E-state index in [-0.39, 0.29) is 5.41 Å². The number of aryl methyl sites for hydroxylation is 4. The Bertz CT molecular complexity index is 4550. The molecule has 0 bridgehead atoms. The van der Waals surface area contributed by atoms with E-state index in [1.165, 1.54) is 317 Å². The summed E-state index contributed by atoms with van der Waals surface area (Å²) >= 11 is 0. The second kappa shape index (κ2) is 38.7. The van der Waals surface area contributed by atoms with Crippen molar-refractivity contribution in [2.45, 2.75) is 246 Å². The van der Waals surface area contributed by atoms with Crippen LogP contribution in [-0.4, -0.2) is 9.13 Å². The summed E-state index contributed by atoms with van der Waals surface area (Å²) in [5.74, 6) is 0. The fourth-order valence-electron chi connectivity index (χ4n) is 17.4. The van der Waals surface area contributed by atoms with Crippen molar-refractivity contribution in [3.63, 3.8) is 0 Å². The Labute approximate surface area is 649 Å². The molecular formula is C106H122N2. The molecular weight excluding hydrogens is 1300 g/mol. The van der Waals surface area contributed by atoms with Crippen LogP contribution in [0.3, 0.4) is 0 Å². The molecule has 0 saturated heterocycles. The minimum absolute atomic E-state index is 0.0267. The van der Waals surface area contributed by atoms with Crippen molar-refractivity contribution < 1.29 is 0 Å². The predicted molar refractivity (Wildman–Crippen MR) is 476 cm³/mol. The lowest BCUT2D eigenvalue weighted by molar-refractivity contribution is 0.400. The first-order valence-corrected chi connectivity index (χ1v) is 42.8. The number of nitrogens with zero attached hydrogens (tertiary/aromatic N) is 2. The van der Waals surface area contributed by atoms with Crippen molar-refractivity contribution in [2.24, 2.45) is 0 Å². The van der Waals surface area contributed by atoms with Gasteiger partial charge < -0.3 is 9.13 Å². The first kappa shape index (κ1) is 76.9. The summed E-state index contributed by atoms with van der Waals surface area (Å²) in [6, 6.07) is 80.3. The molecule has 0 unspecified atom stereocenters. The largest absolute Gasteiger partial charge is 0.309 e. The monoisotopic (exact) mass is 1420 g/mol. The third-order valence-corrected chi connectivity index (χ3v) is 23.7. The minimum atomic E-state index is -0.0267. The van der Waals surface area contributed by atoms with Gasteiger partial charge >= 0.3 is 0 Å². The number of hydrogen-bond acceptors (Lipinski definition) is 0. The van der Waals surface area contributed by atoms with Gasteiger partial charge in [-0.1, -0.05) is 358 Å². The maximum Gasteiger partial charge on any atom is 0.0541 e. The van der Waals surface area contributed by atoms with E-state index >= 15 is 0 Å². The lowest BCUT2D eigenvalue weighted by Crippen LogP contribution is -2.25. The van der Waals surface area contributed by atoms with Crippen molar-refractivity contribution in [2.75, 3.05) is 0 Å². The van der Waals surface area contributed by atoms with Crippen molar-refractivity contribution >= 4 is 92.2 Å². The van der Waals surface area contributed by atoms with Crippen LogP contribution in [0.2, 0.25) is 0 Å². The van der Waals surface area contributed by atoms with E-state index in [1.807, 2.05) is 0 Å². The number of rotatable bonds is 41. The van der Waals surface area contributed by atoms with Crippen molar-refractivity contribution in [1.29, 1.82) is 0 Å². The molecule has 0 atom stereocenters. The van der Waals surface area contributed by atoms with Crippen LogP contribution in [-0.2, 0) is 31.1 Å². The number of unbranched alkanes of at least 4 members (excludes halogenated alkanes) is 19. The Morgan fingerprint density at radius 3 is 0.731 bits per heavy atom. The molecule has 556 valence electrons. The van der Waals surface area contributed by atoms with Crippen LogP contribution in [0.5, 0.6) is 0 Å². The van der Waals surface area contributed by atoms with E-state index < -0.39 is 0 Å². The summed E-state index contributed by atoms with van der Waals surface area (Å²) in [5, 5.41) is 5.52. The van der Waals surface area contributed by atoms with Gasteiger partial charge in [0.15, 0.2) is 0 Å². The molecule has 0 fully saturated rings. The SMILES string of the molecule is CCCCCCCC1(CCCCCC)c2cc(/C=C/c3ccc(/C=C/c4ccc(-n5c6ccc(CCCCCC)cc6c6cc(CCCCCC)ccc65)cc4)cc3)ccc2-c2ccc(/C=C/c3ccc(/C=C/c4ccc(-n5c6ccc(CCCCCC)cc6c6cc(CCCCCC)ccc65)cc4)cc3)cc21. The van der Waals surface area contributed by atoms with Gasteiger partial charge in [0, 0.05) is 38.3 Å². The van der Waals surface area contributed by atoms with Crippen LogP contribution in [0.15, 0.2) is 206 Å². The van der Waals surface area contributed by atoms with E-state index in [4.69, 9.17) is 0 Å². The van der Waals surface area contributed by atoms with Gasteiger partial charge in [-0.25, -0.2) is 0 Å². The summed E-state index contributed by atoms with van der Waals surface area (Å²) < 4.78 is 4.98. The lowest BCUT2D eigenvalue weighted by Gasteiger charge is -2.33. The molecule has 0 N–H and O–H groups in total. The van der Waals surface area contributed by atoms with E-state index in [0.717, 1.165) is 25.7 Å². The molecule has 108 heavy (non-hydrogen) atoms. The highest BCUT2D eigenvalue weighted by atomic mass is 15.0. The number of hydrogen-bond donors (Lipinski definition) is 0. The maximum absolute atomic E-state index is 2.57. The molecule has 0 spiro atoms. The average molecular weight is 1420 g/mol. The van der Waals surface area contributed by atoms with E-state index in [1.54, 1.807) is 0 Å². The summed E-state index contributed by atoms with van der Waals surface area (Å²) in [5.41, 5.74) is 29.1. The number of aromatic nitrogens is 2. The third-order valence-electron chi connectivity index (χ3n) is 23.7. The second-order valence-corrected chi connectivity index (χ2v) is 31.8. The Balaban J connectivity index is 0.687. The van der Waals surface area contributed by atoms with Crippen molar-refractivity contribution in [3.8, 4) is 22.5 Å². The van der Waals surface area contributed by atoms with E-state index in [2.05, 4.69) is 306 Å². The standard InChI is InChI=1S/C106H122N2/c1-7-13-19-25-31-73-106(72-30-24-18-12-6)100-78-90(50-48-82-40-36-80(37-41-82)44-46-84-52-62-92(63-53-84)107-102-68-58-86(32-26-20-14-8-2)74-96(102)97-75-87(59-69-103(97)107)33-27-21-15-9-3)56-66-94(100)95-67-57-91(79-101(95)106)51-49-83-42-38-81(39-43-83)45-47-85-54-64-93(65-55-85)108-104-70-60-88(34-28-22-16-10-4)76-98(104)99-77-89(61-71-105(99)108)35-29-23-17-11-5/h36-71,74-79H,7-35,72-73H2,1-6H3/b46-44+,47-45+,50-48+,51-49+. The highest BCUT2D eigenvalue weighted by molar-refractivity contribution is 6.11. The molecule has 1 aliphatic rings. The van der Waals surface area contributed by atoms with E-state index in [9.17, 15) is 0 Å². The lowest BCUT2D eigenvalue weighted by atomic mass is 9.70. The molecule has 10 aromatic carbocycles. The van der Waals surface area contributed by atoms with Gasteiger partial charge in [-0.3, -0.25) is 0 Å². The number of fused-ring (bicyclic) bond motifs is 9. The maximum atomic E-state index is 2.57. The summed E-state index contributed by atoms with van der Waals surface area (Å²) in [4.78, 5) is 0. The summed E-state index contributed by atoms with van der Waals surface area (Å²) in [7, 11) is 0. The molecule has 12 aromatic rings. The Morgan fingerprint density at radius 1 is 0.222 bits per heavy atom. The highest BCUT2D eigenvalue weighted by Gasteiger charge is 2.42. The van der Waals surface area contributed by atoms with Gasteiger partial charge in [0.1, 0.15) is 0 Å². The van der Waals surface area contributed by atoms with Crippen LogP contribution in [0.25, 0.3) is 115 Å². The summed E-state index contributed by atoms with van der Waals surface area (Å²) in [6.07, 6.45) is 57.4. The predicted octanol–water partition coefficient (Wildman–Crippen LogP) is 31.7. The Kier molecular flexibility index (Phi) is 27.6.